The van der Waals surface area contributed by atoms with E-state index in [0.29, 0.717) is 18.7 Å². The topological polar surface area (TPSA) is 71.5 Å². The number of nitrogens with zero attached hydrogens (tertiary/aromatic N) is 2. The Morgan fingerprint density at radius 2 is 2.04 bits per heavy atom. The molecule has 27 heavy (non-hydrogen) atoms. The zero-order valence-corrected chi connectivity index (χ0v) is 16.2. The van der Waals surface area contributed by atoms with Crippen molar-refractivity contribution in [3.8, 4) is 0 Å². The van der Waals surface area contributed by atoms with E-state index in [4.69, 9.17) is 4.74 Å². The number of fused-ring (bicyclic) bond motifs is 1. The van der Waals surface area contributed by atoms with Crippen molar-refractivity contribution in [2.24, 2.45) is 0 Å². The fourth-order valence-corrected chi connectivity index (χ4v) is 3.38. The Bertz CT molecular complexity index is 824. The minimum absolute atomic E-state index is 0.0503. The molecule has 0 radical (unpaired) electrons. The van der Waals surface area contributed by atoms with Gasteiger partial charge in [-0.25, -0.2) is 4.79 Å². The molecule has 1 aromatic heterocycles. The highest BCUT2D eigenvalue weighted by molar-refractivity contribution is 6.06. The zero-order chi connectivity index (χ0) is 19.4. The predicted molar refractivity (Wildman–Crippen MR) is 105 cm³/mol. The maximum atomic E-state index is 12.7. The number of benzene rings is 1. The van der Waals surface area contributed by atoms with Crippen LogP contribution in [0.4, 0.5) is 4.79 Å². The van der Waals surface area contributed by atoms with Gasteiger partial charge >= 0.3 is 6.09 Å². The third-order valence-electron chi connectivity index (χ3n) is 4.64. The second kappa shape index (κ2) is 7.94. The number of amides is 2. The van der Waals surface area contributed by atoms with Crippen LogP contribution in [0.3, 0.4) is 0 Å². The molecule has 2 amide bonds. The number of rotatable bonds is 3. The second-order valence-corrected chi connectivity index (χ2v) is 7.91. The summed E-state index contributed by atoms with van der Waals surface area (Å²) in [5.41, 5.74) is 0.858. The lowest BCUT2D eigenvalue weighted by atomic mass is 10.0. The zero-order valence-electron chi connectivity index (χ0n) is 16.2. The van der Waals surface area contributed by atoms with Crippen molar-refractivity contribution >= 4 is 22.9 Å². The molecule has 2 aromatic rings. The van der Waals surface area contributed by atoms with Gasteiger partial charge in [-0.15, -0.1) is 0 Å². The van der Waals surface area contributed by atoms with Crippen molar-refractivity contribution in [1.82, 2.24) is 15.2 Å². The van der Waals surface area contributed by atoms with Crippen molar-refractivity contribution in [2.75, 3.05) is 13.1 Å². The Hall–Kier alpha value is -2.63. The lowest BCUT2D eigenvalue weighted by molar-refractivity contribution is 0.00986. The van der Waals surface area contributed by atoms with E-state index in [1.54, 1.807) is 17.2 Å². The van der Waals surface area contributed by atoms with Gasteiger partial charge in [0.15, 0.2) is 0 Å². The maximum absolute atomic E-state index is 12.7. The Kier molecular flexibility index (Phi) is 5.63. The molecular formula is C21H27N3O3. The number of nitrogens with one attached hydrogen (secondary N) is 1. The van der Waals surface area contributed by atoms with Gasteiger partial charge in [-0.3, -0.25) is 9.78 Å². The lowest BCUT2D eigenvalue weighted by Gasteiger charge is -2.36. The first-order valence-corrected chi connectivity index (χ1v) is 9.47. The molecule has 1 aliphatic rings. The summed E-state index contributed by atoms with van der Waals surface area (Å²) in [6.07, 6.45) is 4.26. The number of carbonyl (C=O) groups excluding carboxylic acids is 2. The van der Waals surface area contributed by atoms with Crippen LogP contribution < -0.4 is 5.32 Å². The van der Waals surface area contributed by atoms with Crippen LogP contribution in [-0.2, 0) is 4.74 Å². The molecule has 0 spiro atoms. The van der Waals surface area contributed by atoms with Crippen LogP contribution in [0.2, 0.25) is 0 Å². The second-order valence-electron chi connectivity index (χ2n) is 7.91. The van der Waals surface area contributed by atoms with Gasteiger partial charge < -0.3 is 15.0 Å². The molecule has 1 aliphatic heterocycles. The van der Waals surface area contributed by atoms with Gasteiger partial charge in [0.2, 0.25) is 0 Å². The van der Waals surface area contributed by atoms with Gasteiger partial charge in [-0.05, 0) is 58.2 Å². The SMILES string of the molecule is CC(C)(C)OC(=O)N1CCCCC1CNC(=O)c1cccc2ncccc12. The first-order valence-electron chi connectivity index (χ1n) is 9.47. The monoisotopic (exact) mass is 369 g/mol. The van der Waals surface area contributed by atoms with Gasteiger partial charge in [0, 0.05) is 30.2 Å². The molecule has 0 saturated carbocycles. The summed E-state index contributed by atoms with van der Waals surface area (Å²) in [4.78, 5) is 31.3. The highest BCUT2D eigenvalue weighted by Gasteiger charge is 2.30. The van der Waals surface area contributed by atoms with Gasteiger partial charge in [0.25, 0.3) is 5.91 Å². The lowest BCUT2D eigenvalue weighted by Crippen LogP contribution is -2.50. The molecule has 1 N–H and O–H groups in total. The summed E-state index contributed by atoms with van der Waals surface area (Å²) in [6, 6.07) is 9.18. The van der Waals surface area contributed by atoms with Gasteiger partial charge in [-0.2, -0.15) is 0 Å². The Balaban J connectivity index is 1.68. The largest absolute Gasteiger partial charge is 0.444 e. The minimum atomic E-state index is -0.529. The van der Waals surface area contributed by atoms with Gasteiger partial charge in [0.1, 0.15) is 5.60 Å². The first kappa shape index (κ1) is 19.1. The molecule has 0 aliphatic carbocycles. The number of ether oxygens (including phenoxy) is 1. The number of piperidine rings is 1. The standard InChI is InChI=1S/C21H27N3O3/c1-21(2,3)27-20(26)24-13-5-4-8-15(24)14-23-19(25)17-9-6-11-18-16(17)10-7-12-22-18/h6-7,9-12,15H,4-5,8,13-14H2,1-3H3,(H,23,25). The van der Waals surface area contributed by atoms with Crippen LogP contribution >= 0.6 is 0 Å². The van der Waals surface area contributed by atoms with E-state index in [1.807, 2.05) is 45.0 Å². The normalized spacial score (nSPS) is 17.6. The van der Waals surface area contributed by atoms with Crippen LogP contribution in [-0.4, -0.2) is 46.6 Å². The molecule has 6 nitrogen and oxygen atoms in total. The predicted octanol–water partition coefficient (Wildman–Crippen LogP) is 3.75. The molecular weight excluding hydrogens is 342 g/mol. The summed E-state index contributed by atoms with van der Waals surface area (Å²) in [5, 5.41) is 3.82. The molecule has 6 heteroatoms. The van der Waals surface area contributed by atoms with Crippen molar-refractivity contribution in [2.45, 2.75) is 51.7 Å². The summed E-state index contributed by atoms with van der Waals surface area (Å²) in [7, 11) is 0. The van der Waals surface area contributed by atoms with Crippen LogP contribution in [0.25, 0.3) is 10.9 Å². The van der Waals surface area contributed by atoms with E-state index in [2.05, 4.69) is 10.3 Å². The maximum Gasteiger partial charge on any atom is 0.410 e. The Morgan fingerprint density at radius 1 is 1.22 bits per heavy atom. The molecule has 2 heterocycles. The van der Waals surface area contributed by atoms with E-state index in [9.17, 15) is 9.59 Å². The number of aromatic nitrogens is 1. The van der Waals surface area contributed by atoms with E-state index >= 15 is 0 Å². The summed E-state index contributed by atoms with van der Waals surface area (Å²) in [6.45, 7) is 6.66. The summed E-state index contributed by atoms with van der Waals surface area (Å²) < 4.78 is 5.52. The van der Waals surface area contributed by atoms with Crippen molar-refractivity contribution in [3.05, 3.63) is 42.1 Å². The average molecular weight is 369 g/mol. The number of carbonyl (C=O) groups is 2. The molecule has 1 aromatic carbocycles. The highest BCUT2D eigenvalue weighted by Crippen LogP contribution is 2.21. The molecule has 0 bridgehead atoms. The van der Waals surface area contributed by atoms with Crippen molar-refractivity contribution < 1.29 is 14.3 Å². The molecule has 1 atom stereocenters. The minimum Gasteiger partial charge on any atom is -0.444 e. The highest BCUT2D eigenvalue weighted by atomic mass is 16.6. The van der Waals surface area contributed by atoms with Crippen LogP contribution in [0.5, 0.6) is 0 Å². The van der Waals surface area contributed by atoms with E-state index in [-0.39, 0.29) is 18.0 Å². The molecule has 144 valence electrons. The average Bonchev–Trinajstić information content (AvgIpc) is 2.64. The van der Waals surface area contributed by atoms with Crippen LogP contribution in [0.1, 0.15) is 50.4 Å². The van der Waals surface area contributed by atoms with Crippen molar-refractivity contribution in [3.63, 3.8) is 0 Å². The molecule has 3 rings (SSSR count). The summed E-state index contributed by atoms with van der Waals surface area (Å²) in [5.74, 6) is -0.150. The number of likely N-dealkylation sites (tertiary alicyclic amines) is 1. The van der Waals surface area contributed by atoms with Crippen LogP contribution in [0, 0.1) is 0 Å². The van der Waals surface area contributed by atoms with Crippen molar-refractivity contribution in [1.29, 1.82) is 0 Å². The smallest absolute Gasteiger partial charge is 0.410 e. The number of pyridine rings is 1. The summed E-state index contributed by atoms with van der Waals surface area (Å²) >= 11 is 0. The third kappa shape index (κ3) is 4.76. The molecule has 1 unspecified atom stereocenters. The number of hydrogen-bond donors (Lipinski definition) is 1. The Labute approximate surface area is 159 Å². The molecule has 1 saturated heterocycles. The van der Waals surface area contributed by atoms with Crippen LogP contribution in [0.15, 0.2) is 36.5 Å². The van der Waals surface area contributed by atoms with Gasteiger partial charge in [0.05, 0.1) is 11.6 Å². The van der Waals surface area contributed by atoms with E-state index in [1.165, 1.54) is 0 Å². The first-order chi connectivity index (χ1) is 12.8. The number of hydrogen-bond acceptors (Lipinski definition) is 4. The fourth-order valence-electron chi connectivity index (χ4n) is 3.38. The molecule has 1 fully saturated rings. The van der Waals surface area contributed by atoms with E-state index in [0.717, 1.165) is 30.2 Å². The third-order valence-corrected chi connectivity index (χ3v) is 4.64. The fraction of sp³-hybridized carbons (Fsp3) is 0.476. The Morgan fingerprint density at radius 3 is 2.81 bits per heavy atom. The quantitative estimate of drug-likeness (QED) is 0.894. The van der Waals surface area contributed by atoms with Gasteiger partial charge in [-0.1, -0.05) is 12.1 Å². The van der Waals surface area contributed by atoms with E-state index < -0.39 is 5.60 Å².